The second-order valence-electron chi connectivity index (χ2n) is 3.99. The van der Waals surface area contributed by atoms with E-state index in [1.54, 1.807) is 6.92 Å². The van der Waals surface area contributed by atoms with Gasteiger partial charge in [0.25, 0.3) is 0 Å². The molecule has 0 aliphatic carbocycles. The molecule has 0 rings (SSSR count). The van der Waals surface area contributed by atoms with Crippen LogP contribution in [0.15, 0.2) is 0 Å². The third kappa shape index (κ3) is 8.41. The molecule has 0 aromatic rings. The van der Waals surface area contributed by atoms with Crippen molar-refractivity contribution in [2.75, 3.05) is 19.8 Å². The Morgan fingerprint density at radius 3 is 2.56 bits per heavy atom. The van der Waals surface area contributed by atoms with Crippen LogP contribution in [-0.4, -0.2) is 31.4 Å². The fourth-order valence-corrected chi connectivity index (χ4v) is 1.25. The number of unbranched alkanes of at least 4 members (excludes halogenated alkanes) is 1. The van der Waals surface area contributed by atoms with E-state index in [0.717, 1.165) is 19.3 Å². The highest BCUT2D eigenvalue weighted by Gasteiger charge is 2.06. The molecular formula is C12H23NO3. The van der Waals surface area contributed by atoms with Gasteiger partial charge >= 0.3 is 0 Å². The van der Waals surface area contributed by atoms with E-state index in [2.05, 4.69) is 5.32 Å². The van der Waals surface area contributed by atoms with Crippen molar-refractivity contribution in [2.24, 2.45) is 5.92 Å². The minimum Gasteiger partial charge on any atom is -0.372 e. The van der Waals surface area contributed by atoms with Gasteiger partial charge in [-0.25, -0.2) is 0 Å². The molecule has 94 valence electrons. The van der Waals surface area contributed by atoms with Gasteiger partial charge in [0.1, 0.15) is 12.4 Å². The second-order valence-corrected chi connectivity index (χ2v) is 3.99. The van der Waals surface area contributed by atoms with Crippen molar-refractivity contribution in [3.8, 4) is 0 Å². The molecule has 16 heavy (non-hydrogen) atoms. The van der Waals surface area contributed by atoms with E-state index < -0.39 is 0 Å². The Kier molecular flexibility index (Phi) is 8.81. The van der Waals surface area contributed by atoms with Crippen molar-refractivity contribution in [2.45, 2.75) is 40.0 Å². The van der Waals surface area contributed by atoms with Crippen molar-refractivity contribution in [3.05, 3.63) is 0 Å². The summed E-state index contributed by atoms with van der Waals surface area (Å²) in [4.78, 5) is 22.1. The number of ketones is 1. The number of hydrogen-bond donors (Lipinski definition) is 1. The van der Waals surface area contributed by atoms with E-state index in [4.69, 9.17) is 4.74 Å². The molecule has 0 spiro atoms. The van der Waals surface area contributed by atoms with E-state index >= 15 is 0 Å². The molecule has 1 amide bonds. The van der Waals surface area contributed by atoms with Crippen molar-refractivity contribution in [1.82, 2.24) is 5.32 Å². The van der Waals surface area contributed by atoms with E-state index in [0.29, 0.717) is 13.2 Å². The minimum atomic E-state index is -0.0681. The molecule has 0 heterocycles. The normalized spacial score (nSPS) is 12.2. The van der Waals surface area contributed by atoms with Gasteiger partial charge in [-0.05, 0) is 26.7 Å². The summed E-state index contributed by atoms with van der Waals surface area (Å²) >= 11 is 0. The van der Waals surface area contributed by atoms with Gasteiger partial charge in [0.2, 0.25) is 5.91 Å². The second kappa shape index (κ2) is 9.33. The van der Waals surface area contributed by atoms with Gasteiger partial charge in [-0.15, -0.1) is 0 Å². The summed E-state index contributed by atoms with van der Waals surface area (Å²) in [6, 6.07) is 0. The number of amides is 1. The molecule has 0 fully saturated rings. The summed E-state index contributed by atoms with van der Waals surface area (Å²) in [6.45, 7) is 6.78. The Morgan fingerprint density at radius 2 is 2.00 bits per heavy atom. The van der Waals surface area contributed by atoms with Gasteiger partial charge in [-0.1, -0.05) is 13.3 Å². The monoisotopic (exact) mass is 229 g/mol. The Hall–Kier alpha value is -0.900. The van der Waals surface area contributed by atoms with Crippen LogP contribution in [0.5, 0.6) is 0 Å². The molecular weight excluding hydrogens is 206 g/mol. The summed E-state index contributed by atoms with van der Waals surface area (Å²) < 4.78 is 4.97. The van der Waals surface area contributed by atoms with Gasteiger partial charge in [-0.3, -0.25) is 9.59 Å². The Labute approximate surface area is 97.7 Å². The molecule has 0 bridgehead atoms. The first kappa shape index (κ1) is 15.1. The summed E-state index contributed by atoms with van der Waals surface area (Å²) in [5.41, 5.74) is 0. The summed E-state index contributed by atoms with van der Waals surface area (Å²) in [6.07, 6.45) is 2.78. The molecule has 1 N–H and O–H groups in total. The predicted molar refractivity (Wildman–Crippen MR) is 63.2 cm³/mol. The SMILES string of the molecule is CCOCC(=O)NCCCC[C@H](C)C(C)=O. The fraction of sp³-hybridized carbons (Fsp3) is 0.833. The van der Waals surface area contributed by atoms with E-state index in [1.807, 2.05) is 13.8 Å². The van der Waals surface area contributed by atoms with E-state index in [1.165, 1.54) is 0 Å². The third-order valence-corrected chi connectivity index (χ3v) is 2.52. The van der Waals surface area contributed by atoms with Crippen molar-refractivity contribution < 1.29 is 14.3 Å². The highest BCUT2D eigenvalue weighted by Crippen LogP contribution is 2.07. The van der Waals surface area contributed by atoms with E-state index in [9.17, 15) is 9.59 Å². The maximum absolute atomic E-state index is 11.1. The van der Waals surface area contributed by atoms with Crippen LogP contribution in [0.25, 0.3) is 0 Å². The lowest BCUT2D eigenvalue weighted by atomic mass is 10.0. The largest absolute Gasteiger partial charge is 0.372 e. The number of hydrogen-bond acceptors (Lipinski definition) is 3. The topological polar surface area (TPSA) is 55.4 Å². The highest BCUT2D eigenvalue weighted by atomic mass is 16.5. The lowest BCUT2D eigenvalue weighted by Gasteiger charge is -2.07. The quantitative estimate of drug-likeness (QED) is 0.610. The van der Waals surface area contributed by atoms with Crippen LogP contribution in [0.1, 0.15) is 40.0 Å². The predicted octanol–water partition coefficient (Wildman–Crippen LogP) is 1.53. The average Bonchev–Trinajstić information content (AvgIpc) is 2.25. The first-order valence-corrected chi connectivity index (χ1v) is 5.92. The molecule has 4 nitrogen and oxygen atoms in total. The molecule has 0 saturated carbocycles. The number of rotatable bonds is 9. The molecule has 0 aromatic heterocycles. The zero-order valence-corrected chi connectivity index (χ0v) is 10.5. The van der Waals surface area contributed by atoms with Crippen molar-refractivity contribution >= 4 is 11.7 Å². The molecule has 1 atom stereocenters. The standard InChI is InChI=1S/C12H23NO3/c1-4-16-9-12(15)13-8-6-5-7-10(2)11(3)14/h10H,4-9H2,1-3H3,(H,13,15)/t10-/m0/s1. The smallest absolute Gasteiger partial charge is 0.245 e. The van der Waals surface area contributed by atoms with Crippen molar-refractivity contribution in [1.29, 1.82) is 0 Å². The number of nitrogens with one attached hydrogen (secondary N) is 1. The number of Topliss-reactive ketones (excluding diaryl/α,β-unsaturated/α-hetero) is 1. The minimum absolute atomic E-state index is 0.0681. The van der Waals surface area contributed by atoms with Crippen LogP contribution in [0.3, 0.4) is 0 Å². The molecule has 0 aliphatic rings. The van der Waals surface area contributed by atoms with Crippen LogP contribution in [-0.2, 0) is 14.3 Å². The Balaban J connectivity index is 3.33. The van der Waals surface area contributed by atoms with Crippen molar-refractivity contribution in [3.63, 3.8) is 0 Å². The van der Waals surface area contributed by atoms with Crippen LogP contribution in [0.2, 0.25) is 0 Å². The molecule has 0 unspecified atom stereocenters. The molecule has 0 aliphatic heterocycles. The van der Waals surface area contributed by atoms with Gasteiger partial charge in [-0.2, -0.15) is 0 Å². The first-order valence-electron chi connectivity index (χ1n) is 5.92. The lowest BCUT2D eigenvalue weighted by Crippen LogP contribution is -2.28. The van der Waals surface area contributed by atoms with E-state index in [-0.39, 0.29) is 24.2 Å². The first-order chi connectivity index (χ1) is 7.57. The average molecular weight is 229 g/mol. The molecule has 4 heteroatoms. The van der Waals surface area contributed by atoms with Gasteiger partial charge in [0.05, 0.1) is 0 Å². The fourth-order valence-electron chi connectivity index (χ4n) is 1.25. The highest BCUT2D eigenvalue weighted by molar-refractivity contribution is 5.77. The zero-order valence-electron chi connectivity index (χ0n) is 10.5. The number of carbonyl (C=O) groups excluding carboxylic acids is 2. The van der Waals surface area contributed by atoms with Gasteiger partial charge < -0.3 is 10.1 Å². The summed E-state index contributed by atoms with van der Waals surface area (Å²) in [7, 11) is 0. The van der Waals surface area contributed by atoms with Crippen LogP contribution >= 0.6 is 0 Å². The molecule has 0 aromatic carbocycles. The zero-order chi connectivity index (χ0) is 12.4. The molecule has 0 radical (unpaired) electrons. The lowest BCUT2D eigenvalue weighted by molar-refractivity contribution is -0.125. The summed E-state index contributed by atoms with van der Waals surface area (Å²) in [5, 5.41) is 2.77. The van der Waals surface area contributed by atoms with Gasteiger partial charge in [0, 0.05) is 19.1 Å². The number of carbonyl (C=O) groups is 2. The maximum atomic E-state index is 11.1. The summed E-state index contributed by atoms with van der Waals surface area (Å²) in [5.74, 6) is 0.306. The number of ether oxygens (including phenoxy) is 1. The van der Waals surface area contributed by atoms with Crippen LogP contribution < -0.4 is 5.32 Å². The van der Waals surface area contributed by atoms with Gasteiger partial charge in [0.15, 0.2) is 0 Å². The molecule has 0 saturated heterocycles. The van der Waals surface area contributed by atoms with Crippen LogP contribution in [0, 0.1) is 5.92 Å². The Morgan fingerprint density at radius 1 is 1.31 bits per heavy atom. The maximum Gasteiger partial charge on any atom is 0.245 e. The van der Waals surface area contributed by atoms with Crippen LogP contribution in [0.4, 0.5) is 0 Å². The third-order valence-electron chi connectivity index (χ3n) is 2.52. The Bertz CT molecular complexity index is 216.